The summed E-state index contributed by atoms with van der Waals surface area (Å²) in [5.41, 5.74) is 0. The molecule has 0 aliphatic heterocycles. The fourth-order valence-electron chi connectivity index (χ4n) is 0. The van der Waals surface area contributed by atoms with Crippen LogP contribution in [0.4, 0.5) is 4.79 Å². The van der Waals surface area contributed by atoms with Gasteiger partial charge in [0.1, 0.15) is 0 Å². The summed E-state index contributed by atoms with van der Waals surface area (Å²) in [6.45, 7) is 0. The molecule has 0 aliphatic carbocycles. The highest BCUT2D eigenvalue weighted by Crippen LogP contribution is 1.21. The Balaban J connectivity index is 2.80. The molecule has 0 aromatic carbocycles. The Morgan fingerprint density at radius 3 is 1.50 bits per heavy atom. The lowest BCUT2D eigenvalue weighted by Gasteiger charge is -1.96. The van der Waals surface area contributed by atoms with Crippen molar-refractivity contribution in [1.29, 1.82) is 0 Å². The number of rotatable bonds is 0. The van der Waals surface area contributed by atoms with Crippen molar-refractivity contribution in [2.45, 2.75) is 0 Å². The molecule has 0 heterocycles. The second-order valence-corrected chi connectivity index (χ2v) is 0.250. The molecule has 0 fully saturated rings. The predicted molar refractivity (Wildman–Crippen MR) is 5.40 cm³/mol. The average Bonchev–Trinajstić information content (AvgIpc) is 0.811. The Bertz CT molecular complexity index is 26.3. The average molecular weight is 60.0 g/mol. The third-order valence-electron chi connectivity index (χ3n) is 0. The van der Waals surface area contributed by atoms with Crippen molar-refractivity contribution in [1.82, 2.24) is 0 Å². The Labute approximate surface area is 22.5 Å². The molecule has 3 nitrogen and oxygen atoms in total. The van der Waals surface area contributed by atoms with Gasteiger partial charge in [0, 0.05) is 0 Å². The van der Waals surface area contributed by atoms with Gasteiger partial charge in [-0.25, -0.2) is 0 Å². The van der Waals surface area contributed by atoms with Crippen LogP contribution in [0.3, 0.4) is 0 Å². The Morgan fingerprint density at radius 1 is 1.50 bits per heavy atom. The van der Waals surface area contributed by atoms with E-state index in [0.717, 1.165) is 0 Å². The van der Waals surface area contributed by atoms with Crippen LogP contribution < -0.4 is 10.2 Å². The smallest absolute Gasteiger partial charge is 0.0431 e. The van der Waals surface area contributed by atoms with Crippen LogP contribution in [0.1, 0.15) is 0 Å². The van der Waals surface area contributed by atoms with Gasteiger partial charge in [0.25, 0.3) is 0 Å². The SMILES string of the molecule is O=[12C]([O-])[O-]. The molecule has 0 bridgehead atoms. The lowest BCUT2D eigenvalue weighted by Crippen LogP contribution is -2.37. The molecule has 4 heavy (non-hydrogen) atoms. The predicted octanol–water partition coefficient (Wildman–Crippen LogP) is -2.45. The first kappa shape index (κ1) is 3.27. The molecule has 0 radical (unpaired) electrons. The van der Waals surface area contributed by atoms with E-state index in [2.05, 4.69) is 0 Å². The van der Waals surface area contributed by atoms with Gasteiger partial charge in [0.15, 0.2) is 0 Å². The fourth-order valence-corrected chi connectivity index (χ4v) is 0. The molecule has 0 aliphatic rings. The minimum Gasteiger partial charge on any atom is -0.652 e. The molecule has 0 amide bonds. The quantitative estimate of drug-likeness (QED) is 0.312. The summed E-state index contributed by atoms with van der Waals surface area (Å²) in [6, 6.07) is 0. The van der Waals surface area contributed by atoms with Gasteiger partial charge in [0.2, 0.25) is 0 Å². The normalized spacial score (nSPS) is 6.00. The maximum atomic E-state index is 8.33. The lowest BCUT2D eigenvalue weighted by atomic mass is 11.5. The van der Waals surface area contributed by atoms with Crippen LogP contribution in [0, 0.1) is 0 Å². The van der Waals surface area contributed by atoms with Crippen LogP contribution in [0.25, 0.3) is 0 Å². The summed E-state index contributed by atoms with van der Waals surface area (Å²) in [4.78, 5) is 8.33. The van der Waals surface area contributed by atoms with E-state index in [4.69, 9.17) is 15.0 Å². The zero-order valence-corrected chi connectivity index (χ0v) is 1.72. The van der Waals surface area contributed by atoms with Crippen molar-refractivity contribution in [3.63, 3.8) is 0 Å². The molecule has 0 rings (SSSR count). The van der Waals surface area contributed by atoms with Crippen LogP contribution in [-0.4, -0.2) is 6.16 Å². The maximum Gasteiger partial charge on any atom is -0.0431 e. The van der Waals surface area contributed by atoms with Gasteiger partial charge in [-0.1, -0.05) is 0 Å². The fraction of sp³-hybridized carbons (Fsp3) is 0. The van der Waals surface area contributed by atoms with Gasteiger partial charge in [0.05, 0.1) is 0 Å². The molecule has 0 unspecified atom stereocenters. The standard InChI is InChI=1S/CH2O3/c2-1(3)4/h(H2,2,3,4)/p-2/i1+0. The Morgan fingerprint density at radius 2 is 1.50 bits per heavy atom. The highest BCUT2D eigenvalue weighted by atomic mass is 16.6. The summed E-state index contributed by atoms with van der Waals surface area (Å²) in [7, 11) is 0. The van der Waals surface area contributed by atoms with Crippen molar-refractivity contribution in [3.8, 4) is 0 Å². The summed E-state index contributed by atoms with van der Waals surface area (Å²) in [5.74, 6) is 0. The summed E-state index contributed by atoms with van der Waals surface area (Å²) in [5, 5.41) is 16.7. The maximum absolute atomic E-state index is 8.33. The van der Waals surface area contributed by atoms with E-state index in [1.54, 1.807) is 0 Å². The molecule has 3 heteroatoms. The molecule has 0 spiro atoms. The van der Waals surface area contributed by atoms with Gasteiger partial charge in [-0.2, -0.15) is 0 Å². The second kappa shape index (κ2) is 0.711. The van der Waals surface area contributed by atoms with Crippen LogP contribution in [0.2, 0.25) is 0 Å². The Hall–Kier alpha value is -0.730. The van der Waals surface area contributed by atoms with Crippen molar-refractivity contribution in [2.24, 2.45) is 0 Å². The molecule has 0 saturated carbocycles. The molecule has 0 atom stereocenters. The van der Waals surface area contributed by atoms with Crippen LogP contribution in [-0.2, 0) is 0 Å². The van der Waals surface area contributed by atoms with E-state index in [9.17, 15) is 0 Å². The third-order valence-corrected chi connectivity index (χ3v) is 0. The highest BCUT2D eigenvalue weighted by Gasteiger charge is 1.26. The first-order chi connectivity index (χ1) is 1.73. The zero-order chi connectivity index (χ0) is 3.58. The van der Waals surface area contributed by atoms with E-state index in [-0.39, 0.29) is 0 Å². The van der Waals surface area contributed by atoms with Crippen molar-refractivity contribution < 1.29 is 15.0 Å². The minimum atomic E-state index is -2.33. The van der Waals surface area contributed by atoms with E-state index in [0.29, 0.717) is 0 Å². The highest BCUT2D eigenvalue weighted by molar-refractivity contribution is 5.47. The van der Waals surface area contributed by atoms with Crippen molar-refractivity contribution in [3.05, 3.63) is 0 Å². The van der Waals surface area contributed by atoms with E-state index < -0.39 is 6.16 Å². The van der Waals surface area contributed by atoms with Crippen molar-refractivity contribution >= 4 is 6.16 Å². The van der Waals surface area contributed by atoms with Crippen LogP contribution in [0.5, 0.6) is 0 Å². The van der Waals surface area contributed by atoms with Crippen molar-refractivity contribution in [2.75, 3.05) is 0 Å². The first-order valence-electron chi connectivity index (χ1n) is 0.612. The largest absolute Gasteiger partial charge is 0.652 e. The number of carbonyl (C=O) groups is 1. The van der Waals surface area contributed by atoms with Crippen LogP contribution in [0.15, 0.2) is 0 Å². The summed E-state index contributed by atoms with van der Waals surface area (Å²) < 4.78 is 0. The summed E-state index contributed by atoms with van der Waals surface area (Å²) in [6.07, 6.45) is -2.33. The number of carboxylic acid groups (broad SMARTS) is 2. The Kier molecular flexibility index (Phi) is 0.581. The molecule has 0 N–H and O–H groups in total. The molecule has 0 aromatic rings. The number of carbonyl (C=O) groups excluding carboxylic acids is 1. The molecular formula is CO3-2. The third kappa shape index (κ3) is 0.174. The number of hydrogen-bond donors (Lipinski definition) is 0. The second-order valence-electron chi connectivity index (χ2n) is 0.250. The van der Waals surface area contributed by atoms with Gasteiger partial charge >= 0.3 is 0 Å². The molecular weight excluding hydrogens is 60.0 g/mol. The molecule has 0 aromatic heterocycles. The van der Waals surface area contributed by atoms with Gasteiger partial charge < -0.3 is 15.0 Å². The van der Waals surface area contributed by atoms with Crippen LogP contribution >= 0.6 is 0 Å². The summed E-state index contributed by atoms with van der Waals surface area (Å²) >= 11 is 0. The zero-order valence-electron chi connectivity index (χ0n) is 1.72. The monoisotopic (exact) mass is 60.0 g/mol. The van der Waals surface area contributed by atoms with E-state index >= 15 is 0 Å². The molecule has 0 saturated heterocycles. The van der Waals surface area contributed by atoms with Gasteiger partial charge in [-0.05, 0) is 6.16 Å². The van der Waals surface area contributed by atoms with Gasteiger partial charge in [-0.15, -0.1) is 0 Å². The lowest BCUT2D eigenvalue weighted by molar-refractivity contribution is -0.415. The topological polar surface area (TPSA) is 63.2 Å². The minimum absolute atomic E-state index is 2.33. The first-order valence-corrected chi connectivity index (χ1v) is 0.612. The number of hydrogen-bond acceptors (Lipinski definition) is 3. The van der Waals surface area contributed by atoms with Gasteiger partial charge in [-0.3, -0.25) is 0 Å². The molecule has 24 valence electrons. The van der Waals surface area contributed by atoms with E-state index in [1.807, 2.05) is 0 Å². The van der Waals surface area contributed by atoms with E-state index in [1.165, 1.54) is 0 Å².